The zero-order chi connectivity index (χ0) is 21.7. The number of ether oxygens (including phenoxy) is 3. The molecule has 0 unspecified atom stereocenters. The number of methoxy groups -OCH3 is 2. The van der Waals surface area contributed by atoms with Gasteiger partial charge in [0.15, 0.2) is 28.8 Å². The zero-order valence-corrected chi connectivity index (χ0v) is 16.4. The number of aromatic hydroxyl groups is 2. The fraction of sp³-hybridized carbons (Fsp3) is 0.238. The van der Waals surface area contributed by atoms with Crippen molar-refractivity contribution in [3.05, 3.63) is 47.0 Å². The molecule has 8 heteroatoms. The lowest BCUT2D eigenvalue weighted by Crippen LogP contribution is -2.11. The molecule has 0 aromatic heterocycles. The normalized spacial score (nSPS) is 10.9. The average Bonchev–Trinajstić information content (AvgIpc) is 2.67. The van der Waals surface area contributed by atoms with Crippen LogP contribution in [0.4, 0.5) is 0 Å². The lowest BCUT2D eigenvalue weighted by Gasteiger charge is -2.15. The number of phenols is 2. The molecule has 0 aliphatic rings. The highest BCUT2D eigenvalue weighted by molar-refractivity contribution is 6.10. The molecule has 0 radical (unpaired) electrons. The van der Waals surface area contributed by atoms with Crippen LogP contribution in [0.1, 0.15) is 40.1 Å². The van der Waals surface area contributed by atoms with Crippen LogP contribution >= 0.6 is 0 Å². The smallest absolute Gasteiger partial charge is 0.339 e. The predicted molar refractivity (Wildman–Crippen MR) is 105 cm³/mol. The Bertz CT molecular complexity index is 934. The number of benzene rings is 2. The van der Waals surface area contributed by atoms with Crippen molar-refractivity contribution >= 4 is 17.8 Å². The molecule has 8 nitrogen and oxygen atoms in total. The van der Waals surface area contributed by atoms with Crippen molar-refractivity contribution in [2.45, 2.75) is 20.0 Å². The number of allylic oxidation sites excluding steroid dienone is 1. The quantitative estimate of drug-likeness (QED) is 0.453. The molecule has 0 saturated carbocycles. The van der Waals surface area contributed by atoms with Crippen LogP contribution < -0.4 is 14.2 Å². The van der Waals surface area contributed by atoms with E-state index in [0.717, 1.165) is 0 Å². The molecule has 29 heavy (non-hydrogen) atoms. The zero-order valence-electron chi connectivity index (χ0n) is 16.4. The first kappa shape index (κ1) is 21.6. The summed E-state index contributed by atoms with van der Waals surface area (Å²) in [5, 5.41) is 29.6. The second kappa shape index (κ2) is 9.01. The third-order valence-electron chi connectivity index (χ3n) is 3.91. The number of carbonyl (C=O) groups excluding carboxylic acids is 1. The van der Waals surface area contributed by atoms with E-state index in [1.807, 2.05) is 0 Å². The maximum absolute atomic E-state index is 12.6. The van der Waals surface area contributed by atoms with E-state index in [0.29, 0.717) is 5.56 Å². The largest absolute Gasteiger partial charge is 0.504 e. The SMILES string of the molecule is COc1cc(/C=C/C(=O)c2ccc(C(=O)O)c(OC(C)C)c2O)cc(OC)c1O. The number of ketones is 1. The van der Waals surface area contributed by atoms with Gasteiger partial charge in [-0.2, -0.15) is 0 Å². The number of hydrogen-bond donors (Lipinski definition) is 3. The molecule has 0 heterocycles. The van der Waals surface area contributed by atoms with Crippen LogP contribution in [0, 0.1) is 0 Å². The van der Waals surface area contributed by atoms with Gasteiger partial charge in [0, 0.05) is 0 Å². The highest BCUT2D eigenvalue weighted by Crippen LogP contribution is 2.38. The summed E-state index contributed by atoms with van der Waals surface area (Å²) in [5.74, 6) is -2.51. The first-order chi connectivity index (χ1) is 13.7. The van der Waals surface area contributed by atoms with Crippen molar-refractivity contribution in [3.8, 4) is 28.7 Å². The van der Waals surface area contributed by atoms with Crippen molar-refractivity contribution in [1.29, 1.82) is 0 Å². The van der Waals surface area contributed by atoms with E-state index in [4.69, 9.17) is 14.2 Å². The lowest BCUT2D eigenvalue weighted by molar-refractivity contribution is 0.0688. The first-order valence-electron chi connectivity index (χ1n) is 8.62. The summed E-state index contributed by atoms with van der Waals surface area (Å²) in [6, 6.07) is 5.43. The second-order valence-electron chi connectivity index (χ2n) is 6.28. The Morgan fingerprint density at radius 2 is 1.52 bits per heavy atom. The summed E-state index contributed by atoms with van der Waals surface area (Å²) in [6.07, 6.45) is 2.23. The molecule has 2 aromatic rings. The maximum Gasteiger partial charge on any atom is 0.339 e. The Labute approximate surface area is 167 Å². The molecule has 3 N–H and O–H groups in total. The molecule has 0 saturated heterocycles. The average molecular weight is 402 g/mol. The number of carboxylic acids is 1. The Morgan fingerprint density at radius 3 is 2.00 bits per heavy atom. The molecule has 0 amide bonds. The van der Waals surface area contributed by atoms with Gasteiger partial charge < -0.3 is 29.5 Å². The van der Waals surface area contributed by atoms with E-state index in [1.165, 1.54) is 50.6 Å². The summed E-state index contributed by atoms with van der Waals surface area (Å²) < 4.78 is 15.5. The van der Waals surface area contributed by atoms with Crippen molar-refractivity contribution in [3.63, 3.8) is 0 Å². The molecule has 0 aliphatic carbocycles. The molecular formula is C21H22O8. The summed E-state index contributed by atoms with van der Waals surface area (Å²) in [7, 11) is 2.76. The van der Waals surface area contributed by atoms with Crippen molar-refractivity contribution in [1.82, 2.24) is 0 Å². The van der Waals surface area contributed by atoms with Crippen LogP contribution in [0.5, 0.6) is 28.7 Å². The van der Waals surface area contributed by atoms with Crippen molar-refractivity contribution < 1.29 is 39.1 Å². The van der Waals surface area contributed by atoms with Crippen molar-refractivity contribution in [2.24, 2.45) is 0 Å². The summed E-state index contributed by atoms with van der Waals surface area (Å²) in [5.41, 5.74) is 0.148. The van der Waals surface area contributed by atoms with E-state index in [-0.39, 0.29) is 34.1 Å². The Kier molecular flexibility index (Phi) is 6.71. The van der Waals surface area contributed by atoms with E-state index in [9.17, 15) is 24.9 Å². The third kappa shape index (κ3) is 4.78. The minimum absolute atomic E-state index is 0.111. The maximum atomic E-state index is 12.6. The van der Waals surface area contributed by atoms with E-state index >= 15 is 0 Å². The van der Waals surface area contributed by atoms with Crippen molar-refractivity contribution in [2.75, 3.05) is 14.2 Å². The number of rotatable bonds is 8. The molecule has 0 atom stereocenters. The van der Waals surface area contributed by atoms with Gasteiger partial charge in [-0.25, -0.2) is 4.79 Å². The molecular weight excluding hydrogens is 380 g/mol. The highest BCUT2D eigenvalue weighted by Gasteiger charge is 2.22. The predicted octanol–water partition coefficient (Wildman–Crippen LogP) is 3.50. The topological polar surface area (TPSA) is 123 Å². The first-order valence-corrected chi connectivity index (χ1v) is 8.62. The number of phenolic OH excluding ortho intramolecular Hbond substituents is 2. The van der Waals surface area contributed by atoms with E-state index in [2.05, 4.69) is 0 Å². The molecule has 0 aliphatic heterocycles. The Hall–Kier alpha value is -3.68. The van der Waals surface area contributed by atoms with Gasteiger partial charge in [-0.1, -0.05) is 6.08 Å². The van der Waals surface area contributed by atoms with Crippen LogP contribution in [-0.2, 0) is 0 Å². The molecule has 2 aromatic carbocycles. The van der Waals surface area contributed by atoms with Gasteiger partial charge >= 0.3 is 5.97 Å². The number of carboxylic acid groups (broad SMARTS) is 1. The van der Waals surface area contributed by atoms with Gasteiger partial charge in [0.05, 0.1) is 25.9 Å². The fourth-order valence-electron chi connectivity index (χ4n) is 2.57. The number of hydrogen-bond acceptors (Lipinski definition) is 7. The highest BCUT2D eigenvalue weighted by atomic mass is 16.5. The van der Waals surface area contributed by atoms with Crippen LogP contribution in [-0.4, -0.2) is 47.4 Å². The number of carbonyl (C=O) groups is 2. The van der Waals surface area contributed by atoms with Crippen LogP contribution in [0.15, 0.2) is 30.3 Å². The molecule has 0 spiro atoms. The monoisotopic (exact) mass is 402 g/mol. The third-order valence-corrected chi connectivity index (χ3v) is 3.91. The molecule has 0 bridgehead atoms. The summed E-state index contributed by atoms with van der Waals surface area (Å²) in [4.78, 5) is 23.9. The van der Waals surface area contributed by atoms with Crippen LogP contribution in [0.3, 0.4) is 0 Å². The van der Waals surface area contributed by atoms with Gasteiger partial charge in [0.2, 0.25) is 5.75 Å². The van der Waals surface area contributed by atoms with Crippen LogP contribution in [0.25, 0.3) is 6.08 Å². The van der Waals surface area contributed by atoms with E-state index in [1.54, 1.807) is 13.8 Å². The standard InChI is InChI=1S/C21H22O8/c1-11(2)29-20-14(21(25)26)7-6-13(18(20)23)15(22)8-5-12-9-16(27-3)19(24)17(10-12)28-4/h5-11,23-24H,1-4H3,(H,25,26)/b8-5+. The van der Waals surface area contributed by atoms with Gasteiger partial charge in [-0.05, 0) is 49.8 Å². The lowest BCUT2D eigenvalue weighted by atomic mass is 10.0. The van der Waals surface area contributed by atoms with Gasteiger partial charge in [0.25, 0.3) is 0 Å². The minimum Gasteiger partial charge on any atom is -0.504 e. The van der Waals surface area contributed by atoms with Gasteiger partial charge in [-0.15, -0.1) is 0 Å². The fourth-order valence-corrected chi connectivity index (χ4v) is 2.57. The Morgan fingerprint density at radius 1 is 0.966 bits per heavy atom. The second-order valence-corrected chi connectivity index (χ2v) is 6.28. The molecule has 0 fully saturated rings. The van der Waals surface area contributed by atoms with E-state index < -0.39 is 23.6 Å². The van der Waals surface area contributed by atoms with Gasteiger partial charge in [0.1, 0.15) is 5.56 Å². The summed E-state index contributed by atoms with van der Waals surface area (Å²) >= 11 is 0. The molecule has 2 rings (SSSR count). The molecule has 154 valence electrons. The minimum atomic E-state index is -1.28. The Balaban J connectivity index is 2.42. The summed E-state index contributed by atoms with van der Waals surface area (Å²) in [6.45, 7) is 3.34. The van der Waals surface area contributed by atoms with Crippen LogP contribution in [0.2, 0.25) is 0 Å². The number of aromatic carboxylic acids is 1. The van der Waals surface area contributed by atoms with Gasteiger partial charge in [-0.3, -0.25) is 4.79 Å².